The Balaban J connectivity index is 2.09. The van der Waals surface area contributed by atoms with Crippen LogP contribution < -0.4 is 5.32 Å². The normalized spacial score (nSPS) is 9.95. The number of hydrogen-bond donors (Lipinski definition) is 2. The van der Waals surface area contributed by atoms with E-state index >= 15 is 0 Å². The summed E-state index contributed by atoms with van der Waals surface area (Å²) in [6, 6.07) is 1.71. The van der Waals surface area contributed by atoms with E-state index in [2.05, 4.69) is 22.1 Å². The minimum atomic E-state index is -0.185. The SMILES string of the molecule is CCc1nc(NC(=O)c2csc(C#CCO)c2)sc1C. The van der Waals surface area contributed by atoms with Gasteiger partial charge >= 0.3 is 0 Å². The van der Waals surface area contributed by atoms with Crippen LogP contribution in [0.5, 0.6) is 0 Å². The third kappa shape index (κ3) is 3.45. The molecule has 104 valence electrons. The summed E-state index contributed by atoms with van der Waals surface area (Å²) in [5.74, 6) is 5.15. The van der Waals surface area contributed by atoms with Gasteiger partial charge in [-0.05, 0) is 19.4 Å². The van der Waals surface area contributed by atoms with Gasteiger partial charge < -0.3 is 5.11 Å². The Morgan fingerprint density at radius 3 is 3.00 bits per heavy atom. The Kier molecular flexibility index (Phi) is 4.90. The van der Waals surface area contributed by atoms with Gasteiger partial charge in [-0.25, -0.2) is 4.98 Å². The lowest BCUT2D eigenvalue weighted by Gasteiger charge is -1.97. The van der Waals surface area contributed by atoms with Crippen molar-refractivity contribution in [3.63, 3.8) is 0 Å². The number of nitrogens with one attached hydrogen (secondary N) is 1. The van der Waals surface area contributed by atoms with Gasteiger partial charge in [-0.15, -0.1) is 22.7 Å². The molecule has 0 radical (unpaired) electrons. The highest BCUT2D eigenvalue weighted by molar-refractivity contribution is 7.15. The average molecular weight is 306 g/mol. The molecule has 0 aliphatic heterocycles. The molecule has 0 spiro atoms. The minimum absolute atomic E-state index is 0.183. The van der Waals surface area contributed by atoms with Crippen molar-refractivity contribution >= 4 is 33.7 Å². The van der Waals surface area contributed by atoms with E-state index in [1.807, 2.05) is 13.8 Å². The van der Waals surface area contributed by atoms with E-state index in [9.17, 15) is 4.79 Å². The molecule has 0 fully saturated rings. The highest BCUT2D eigenvalue weighted by atomic mass is 32.1. The van der Waals surface area contributed by atoms with Crippen LogP contribution in [0.25, 0.3) is 0 Å². The molecule has 4 nitrogen and oxygen atoms in total. The van der Waals surface area contributed by atoms with Crippen molar-refractivity contribution in [2.75, 3.05) is 11.9 Å². The fourth-order valence-corrected chi connectivity index (χ4v) is 3.28. The number of amides is 1. The molecule has 0 aromatic carbocycles. The summed E-state index contributed by atoms with van der Waals surface area (Å²) in [6.07, 6.45) is 0.859. The number of thiazole rings is 1. The maximum atomic E-state index is 12.1. The summed E-state index contributed by atoms with van der Waals surface area (Å²) in [5, 5.41) is 13.8. The number of carbonyl (C=O) groups excluding carboxylic acids is 1. The van der Waals surface area contributed by atoms with E-state index in [0.29, 0.717) is 10.7 Å². The number of aromatic nitrogens is 1. The minimum Gasteiger partial charge on any atom is -0.384 e. The number of aryl methyl sites for hydroxylation is 2. The first-order valence-electron chi connectivity index (χ1n) is 6.10. The van der Waals surface area contributed by atoms with E-state index < -0.39 is 0 Å². The molecule has 0 aliphatic carbocycles. The van der Waals surface area contributed by atoms with Crippen LogP contribution in [-0.4, -0.2) is 22.6 Å². The van der Waals surface area contributed by atoms with Crippen molar-refractivity contribution in [3.8, 4) is 11.8 Å². The zero-order valence-electron chi connectivity index (χ0n) is 11.2. The lowest BCUT2D eigenvalue weighted by Crippen LogP contribution is -2.10. The molecule has 20 heavy (non-hydrogen) atoms. The maximum absolute atomic E-state index is 12.1. The number of thiophene rings is 1. The molecule has 2 rings (SSSR count). The number of aliphatic hydroxyl groups excluding tert-OH is 1. The molecule has 0 bridgehead atoms. The van der Waals surface area contributed by atoms with Gasteiger partial charge in [-0.1, -0.05) is 18.8 Å². The Morgan fingerprint density at radius 2 is 2.35 bits per heavy atom. The molecule has 2 heterocycles. The van der Waals surface area contributed by atoms with Crippen LogP contribution in [0.2, 0.25) is 0 Å². The van der Waals surface area contributed by atoms with Gasteiger partial charge in [0.1, 0.15) is 6.61 Å². The van der Waals surface area contributed by atoms with Crippen LogP contribution in [0.3, 0.4) is 0 Å². The van der Waals surface area contributed by atoms with Crippen molar-refractivity contribution in [1.29, 1.82) is 0 Å². The molecule has 1 amide bonds. The van der Waals surface area contributed by atoms with E-state index in [0.717, 1.165) is 21.9 Å². The summed E-state index contributed by atoms with van der Waals surface area (Å²) >= 11 is 2.86. The molecule has 2 N–H and O–H groups in total. The van der Waals surface area contributed by atoms with Crippen molar-refractivity contribution in [2.45, 2.75) is 20.3 Å². The van der Waals surface area contributed by atoms with Gasteiger partial charge in [0, 0.05) is 10.3 Å². The summed E-state index contributed by atoms with van der Waals surface area (Å²) in [7, 11) is 0. The number of aliphatic hydroxyl groups is 1. The predicted molar refractivity (Wildman–Crippen MR) is 82.5 cm³/mol. The number of nitrogens with zero attached hydrogens (tertiary/aromatic N) is 1. The smallest absolute Gasteiger partial charge is 0.258 e. The highest BCUT2D eigenvalue weighted by Crippen LogP contribution is 2.23. The standard InChI is InChI=1S/C14H14N2O2S2/c1-3-12-9(2)20-14(15-12)16-13(18)10-7-11(19-8-10)5-4-6-17/h7-8,17H,3,6H2,1-2H3,(H,15,16,18). The van der Waals surface area contributed by atoms with Gasteiger partial charge in [-0.3, -0.25) is 10.1 Å². The number of hydrogen-bond acceptors (Lipinski definition) is 5. The molecule has 2 aromatic rings. The van der Waals surface area contributed by atoms with Crippen LogP contribution in [0, 0.1) is 18.8 Å². The van der Waals surface area contributed by atoms with Crippen LogP contribution in [0.15, 0.2) is 11.4 Å². The highest BCUT2D eigenvalue weighted by Gasteiger charge is 2.12. The molecule has 6 heteroatoms. The van der Waals surface area contributed by atoms with Crippen LogP contribution in [0.1, 0.15) is 32.7 Å². The van der Waals surface area contributed by atoms with Gasteiger partial charge in [0.25, 0.3) is 5.91 Å². The molecular formula is C14H14N2O2S2. The fourth-order valence-electron chi connectivity index (χ4n) is 1.63. The van der Waals surface area contributed by atoms with Gasteiger partial charge in [0.15, 0.2) is 5.13 Å². The van der Waals surface area contributed by atoms with Crippen molar-refractivity contribution in [2.24, 2.45) is 0 Å². The zero-order chi connectivity index (χ0) is 14.5. The van der Waals surface area contributed by atoms with E-state index in [-0.39, 0.29) is 12.5 Å². The number of anilines is 1. The summed E-state index contributed by atoms with van der Waals surface area (Å²) in [4.78, 5) is 18.3. The second-order valence-corrected chi connectivity index (χ2v) is 6.10. The molecule has 0 atom stereocenters. The van der Waals surface area contributed by atoms with Crippen LogP contribution in [-0.2, 0) is 6.42 Å². The molecule has 0 unspecified atom stereocenters. The quantitative estimate of drug-likeness (QED) is 0.857. The molecule has 0 saturated carbocycles. The molecular weight excluding hydrogens is 292 g/mol. The van der Waals surface area contributed by atoms with Crippen molar-refractivity contribution < 1.29 is 9.90 Å². The van der Waals surface area contributed by atoms with E-state index in [4.69, 9.17) is 5.11 Å². The van der Waals surface area contributed by atoms with Crippen molar-refractivity contribution in [1.82, 2.24) is 4.98 Å². The van der Waals surface area contributed by atoms with E-state index in [1.165, 1.54) is 22.7 Å². The Morgan fingerprint density at radius 1 is 1.55 bits per heavy atom. The van der Waals surface area contributed by atoms with Crippen LogP contribution >= 0.6 is 22.7 Å². The maximum Gasteiger partial charge on any atom is 0.258 e. The topological polar surface area (TPSA) is 62.2 Å². The third-order valence-corrected chi connectivity index (χ3v) is 4.37. The third-order valence-electron chi connectivity index (χ3n) is 2.60. The van der Waals surface area contributed by atoms with Gasteiger partial charge in [0.2, 0.25) is 0 Å². The van der Waals surface area contributed by atoms with Crippen LogP contribution in [0.4, 0.5) is 5.13 Å². The van der Waals surface area contributed by atoms with Gasteiger partial charge in [-0.2, -0.15) is 0 Å². The zero-order valence-corrected chi connectivity index (χ0v) is 12.8. The second kappa shape index (κ2) is 6.66. The first-order valence-corrected chi connectivity index (χ1v) is 7.79. The first kappa shape index (κ1) is 14.7. The molecule has 2 aromatic heterocycles. The first-order chi connectivity index (χ1) is 9.63. The molecule has 0 aliphatic rings. The van der Waals surface area contributed by atoms with E-state index in [1.54, 1.807) is 11.4 Å². The summed E-state index contributed by atoms with van der Waals surface area (Å²) < 4.78 is 0. The second-order valence-electron chi connectivity index (χ2n) is 3.99. The lowest BCUT2D eigenvalue weighted by molar-refractivity contribution is 0.102. The Labute approximate surface area is 125 Å². The largest absolute Gasteiger partial charge is 0.384 e. The Hall–Kier alpha value is -1.68. The molecule has 0 saturated heterocycles. The summed E-state index contributed by atoms with van der Waals surface area (Å²) in [5.41, 5.74) is 1.58. The average Bonchev–Trinajstić information content (AvgIpc) is 3.03. The monoisotopic (exact) mass is 306 g/mol. The fraction of sp³-hybridized carbons (Fsp3) is 0.286. The predicted octanol–water partition coefficient (Wildman–Crippen LogP) is 2.67. The summed E-state index contributed by atoms with van der Waals surface area (Å²) in [6.45, 7) is 3.86. The van der Waals surface area contributed by atoms with Gasteiger partial charge in [0.05, 0.1) is 16.1 Å². The van der Waals surface area contributed by atoms with Crippen molar-refractivity contribution in [3.05, 3.63) is 32.5 Å². The Bertz CT molecular complexity index is 677. The lowest BCUT2D eigenvalue weighted by atomic mass is 10.3. The number of rotatable bonds is 3. The number of carbonyl (C=O) groups is 1.